The van der Waals surface area contributed by atoms with Crippen LogP contribution in [0.5, 0.6) is 0 Å². The molecule has 2 atom stereocenters. The Kier molecular flexibility index (Phi) is 5.52. The molecular formula is C26H27N3O2. The highest BCUT2D eigenvalue weighted by Gasteiger charge is 2.47. The Morgan fingerprint density at radius 3 is 2.55 bits per heavy atom. The molecule has 4 rings (SSSR count). The van der Waals surface area contributed by atoms with Crippen LogP contribution in [0.2, 0.25) is 0 Å². The van der Waals surface area contributed by atoms with Gasteiger partial charge in [-0.2, -0.15) is 0 Å². The van der Waals surface area contributed by atoms with Crippen molar-refractivity contribution in [1.82, 2.24) is 15.0 Å². The van der Waals surface area contributed by atoms with Crippen LogP contribution < -0.4 is 0 Å². The van der Waals surface area contributed by atoms with Crippen LogP contribution in [0.15, 0.2) is 48.8 Å². The van der Waals surface area contributed by atoms with Gasteiger partial charge in [0.2, 0.25) is 0 Å². The Morgan fingerprint density at radius 1 is 1.13 bits per heavy atom. The van der Waals surface area contributed by atoms with Crippen molar-refractivity contribution in [3.8, 4) is 0 Å². The largest absolute Gasteiger partial charge is 0.298 e. The third-order valence-electron chi connectivity index (χ3n) is 6.58. The van der Waals surface area contributed by atoms with E-state index in [1.807, 2.05) is 58.0 Å². The van der Waals surface area contributed by atoms with Gasteiger partial charge in [0, 0.05) is 36.6 Å². The van der Waals surface area contributed by atoms with Gasteiger partial charge in [0.1, 0.15) is 11.5 Å². The SMILES string of the molecule is Cc1cc(CCC(=O)c2ccc([C@@H](C)[C@@]3(C)C(=O)Cc4ncccc43)cn2)cc(C)n1. The van der Waals surface area contributed by atoms with E-state index in [1.165, 1.54) is 0 Å². The van der Waals surface area contributed by atoms with Crippen LogP contribution in [0.3, 0.4) is 0 Å². The second-order valence-electron chi connectivity index (χ2n) is 8.68. The number of aromatic nitrogens is 3. The number of Topliss-reactive ketones (excluding diaryl/α,β-unsaturated/α-hetero) is 2. The average molecular weight is 414 g/mol. The first-order valence-electron chi connectivity index (χ1n) is 10.7. The molecule has 1 aliphatic rings. The van der Waals surface area contributed by atoms with E-state index in [1.54, 1.807) is 18.5 Å². The van der Waals surface area contributed by atoms with Crippen molar-refractivity contribution < 1.29 is 9.59 Å². The van der Waals surface area contributed by atoms with E-state index in [0.717, 1.165) is 33.8 Å². The second-order valence-corrected chi connectivity index (χ2v) is 8.68. The molecule has 1 aliphatic carbocycles. The van der Waals surface area contributed by atoms with Gasteiger partial charge >= 0.3 is 0 Å². The van der Waals surface area contributed by atoms with Crippen molar-refractivity contribution in [2.75, 3.05) is 0 Å². The summed E-state index contributed by atoms with van der Waals surface area (Å²) in [6.07, 6.45) is 4.92. The molecule has 0 saturated heterocycles. The highest BCUT2D eigenvalue weighted by atomic mass is 16.1. The Balaban J connectivity index is 1.49. The monoisotopic (exact) mass is 413 g/mol. The Hall–Kier alpha value is -3.21. The number of carbonyl (C=O) groups excluding carboxylic acids is 2. The van der Waals surface area contributed by atoms with Gasteiger partial charge in [-0.25, -0.2) is 0 Å². The Morgan fingerprint density at radius 2 is 1.87 bits per heavy atom. The zero-order valence-corrected chi connectivity index (χ0v) is 18.5. The zero-order chi connectivity index (χ0) is 22.2. The number of rotatable bonds is 6. The minimum absolute atomic E-state index is 0.0176. The summed E-state index contributed by atoms with van der Waals surface area (Å²) in [6.45, 7) is 7.96. The lowest BCUT2D eigenvalue weighted by Gasteiger charge is -2.31. The number of carbonyl (C=O) groups is 2. The van der Waals surface area contributed by atoms with E-state index >= 15 is 0 Å². The molecule has 31 heavy (non-hydrogen) atoms. The molecule has 0 amide bonds. The number of ketones is 2. The predicted octanol–water partition coefficient (Wildman–Crippen LogP) is 4.49. The van der Waals surface area contributed by atoms with Crippen LogP contribution in [0.25, 0.3) is 0 Å². The highest BCUT2D eigenvalue weighted by molar-refractivity contribution is 5.97. The first-order valence-corrected chi connectivity index (χ1v) is 10.7. The standard InChI is InChI=1S/C26H27N3O2/c1-16-12-19(13-17(2)29-16)7-10-24(30)22-9-8-20(15-28-22)18(3)26(4)21-6-5-11-27-23(21)14-25(26)31/h5-6,8-9,11-13,15,18H,7,10,14H2,1-4H3/t18-,26-/m1/s1. The molecule has 0 aliphatic heterocycles. The Labute approximate surface area is 183 Å². The number of nitrogens with zero attached hydrogens (tertiary/aromatic N) is 3. The smallest absolute Gasteiger partial charge is 0.181 e. The van der Waals surface area contributed by atoms with E-state index in [-0.39, 0.29) is 17.5 Å². The minimum atomic E-state index is -0.631. The van der Waals surface area contributed by atoms with Crippen LogP contribution in [0.4, 0.5) is 0 Å². The molecule has 5 nitrogen and oxygen atoms in total. The maximum atomic E-state index is 12.9. The number of hydrogen-bond acceptors (Lipinski definition) is 5. The number of pyridine rings is 3. The van der Waals surface area contributed by atoms with Gasteiger partial charge in [0.25, 0.3) is 0 Å². The van der Waals surface area contributed by atoms with E-state index in [0.29, 0.717) is 25.0 Å². The van der Waals surface area contributed by atoms with Gasteiger partial charge in [-0.3, -0.25) is 24.5 Å². The molecular weight excluding hydrogens is 386 g/mol. The molecule has 0 radical (unpaired) electrons. The molecule has 0 bridgehead atoms. The lowest BCUT2D eigenvalue weighted by atomic mass is 9.70. The number of hydrogen-bond donors (Lipinski definition) is 0. The molecule has 3 heterocycles. The summed E-state index contributed by atoms with van der Waals surface area (Å²) >= 11 is 0. The van der Waals surface area contributed by atoms with Gasteiger partial charge in [0.15, 0.2) is 5.78 Å². The maximum Gasteiger partial charge on any atom is 0.181 e. The molecule has 3 aromatic heterocycles. The van der Waals surface area contributed by atoms with Crippen LogP contribution in [-0.4, -0.2) is 26.5 Å². The molecule has 0 saturated carbocycles. The number of aryl methyl sites for hydroxylation is 3. The quantitative estimate of drug-likeness (QED) is 0.557. The first-order chi connectivity index (χ1) is 14.8. The van der Waals surface area contributed by atoms with Crippen molar-refractivity contribution in [3.63, 3.8) is 0 Å². The average Bonchev–Trinajstić information content (AvgIpc) is 3.02. The summed E-state index contributed by atoms with van der Waals surface area (Å²) in [5.41, 5.74) is 5.68. The van der Waals surface area contributed by atoms with Crippen LogP contribution in [0, 0.1) is 13.8 Å². The molecule has 0 fully saturated rings. The van der Waals surface area contributed by atoms with Crippen LogP contribution in [-0.2, 0) is 23.1 Å². The fourth-order valence-corrected chi connectivity index (χ4v) is 4.62. The van der Waals surface area contributed by atoms with Crippen molar-refractivity contribution in [2.24, 2.45) is 0 Å². The summed E-state index contributed by atoms with van der Waals surface area (Å²) < 4.78 is 0. The summed E-state index contributed by atoms with van der Waals surface area (Å²) in [5, 5.41) is 0. The normalized spacial score (nSPS) is 18.6. The third kappa shape index (κ3) is 3.92. The molecule has 0 aromatic carbocycles. The number of fused-ring (bicyclic) bond motifs is 1. The van der Waals surface area contributed by atoms with E-state index in [9.17, 15) is 9.59 Å². The summed E-state index contributed by atoms with van der Waals surface area (Å²) in [7, 11) is 0. The fourth-order valence-electron chi connectivity index (χ4n) is 4.62. The van der Waals surface area contributed by atoms with Crippen molar-refractivity contribution in [2.45, 2.75) is 58.3 Å². The lowest BCUT2D eigenvalue weighted by molar-refractivity contribution is -0.123. The molecule has 0 unspecified atom stereocenters. The van der Waals surface area contributed by atoms with Crippen LogP contribution in [0.1, 0.15) is 70.4 Å². The molecule has 0 N–H and O–H groups in total. The molecule has 0 spiro atoms. The third-order valence-corrected chi connectivity index (χ3v) is 6.58. The first kappa shape index (κ1) is 21.0. The minimum Gasteiger partial charge on any atom is -0.298 e. The van der Waals surface area contributed by atoms with Gasteiger partial charge in [-0.15, -0.1) is 0 Å². The van der Waals surface area contributed by atoms with Gasteiger partial charge in [0.05, 0.1) is 11.1 Å². The highest BCUT2D eigenvalue weighted by Crippen LogP contribution is 2.45. The zero-order valence-electron chi connectivity index (χ0n) is 18.5. The molecule has 5 heteroatoms. The lowest BCUT2D eigenvalue weighted by Crippen LogP contribution is -2.34. The maximum absolute atomic E-state index is 12.9. The van der Waals surface area contributed by atoms with Gasteiger partial charge in [-0.1, -0.05) is 19.1 Å². The van der Waals surface area contributed by atoms with Crippen molar-refractivity contribution in [1.29, 1.82) is 0 Å². The van der Waals surface area contributed by atoms with Gasteiger partial charge in [-0.05, 0) is 74.1 Å². The molecule has 3 aromatic rings. The second kappa shape index (κ2) is 8.14. The summed E-state index contributed by atoms with van der Waals surface area (Å²) in [4.78, 5) is 38.8. The summed E-state index contributed by atoms with van der Waals surface area (Å²) in [6, 6.07) is 11.6. The van der Waals surface area contributed by atoms with Crippen molar-refractivity contribution in [3.05, 3.63) is 88.3 Å². The Bertz CT molecular complexity index is 1130. The fraction of sp³-hybridized carbons (Fsp3) is 0.346. The van der Waals surface area contributed by atoms with E-state index in [2.05, 4.69) is 15.0 Å². The topological polar surface area (TPSA) is 72.8 Å². The van der Waals surface area contributed by atoms with Crippen LogP contribution >= 0.6 is 0 Å². The van der Waals surface area contributed by atoms with Gasteiger partial charge < -0.3 is 0 Å². The van der Waals surface area contributed by atoms with Crippen molar-refractivity contribution >= 4 is 11.6 Å². The van der Waals surface area contributed by atoms with E-state index < -0.39 is 5.41 Å². The summed E-state index contributed by atoms with van der Waals surface area (Å²) in [5.74, 6) is 0.130. The van der Waals surface area contributed by atoms with E-state index in [4.69, 9.17) is 0 Å². The molecule has 158 valence electrons. The predicted molar refractivity (Wildman–Crippen MR) is 119 cm³/mol.